The fourth-order valence-corrected chi connectivity index (χ4v) is 1.93. The number of anilines is 4. The average molecular weight is 336 g/mol. The third-order valence-electron chi connectivity index (χ3n) is 3.23. The standard InChI is InChI=1S/C16H16N8O/c1-10-5-6-12(19-8-10)22-14-13(17)15(21-9-20-14)23-24-16(25)11-4-2-3-7-18-11/h2-9H,17H2,1H3,(H,24,25)(H2,19,20,21,22,23). The van der Waals surface area contributed by atoms with Gasteiger partial charge in [-0.15, -0.1) is 0 Å². The SMILES string of the molecule is Cc1ccc(Nc2ncnc(NNC(=O)c3ccccn3)c2N)nc1. The molecule has 3 aromatic rings. The molecule has 0 saturated heterocycles. The van der Waals surface area contributed by atoms with E-state index in [2.05, 4.69) is 36.1 Å². The van der Waals surface area contributed by atoms with Gasteiger partial charge in [0.05, 0.1) is 0 Å². The topological polar surface area (TPSA) is 131 Å². The Morgan fingerprint density at radius 1 is 1.04 bits per heavy atom. The van der Waals surface area contributed by atoms with Crippen LogP contribution in [0.5, 0.6) is 0 Å². The van der Waals surface area contributed by atoms with Crippen molar-refractivity contribution in [2.45, 2.75) is 6.92 Å². The zero-order valence-electron chi connectivity index (χ0n) is 13.4. The Morgan fingerprint density at radius 3 is 2.60 bits per heavy atom. The van der Waals surface area contributed by atoms with Crippen molar-refractivity contribution in [2.75, 3.05) is 16.5 Å². The molecular formula is C16H16N8O. The lowest BCUT2D eigenvalue weighted by Crippen LogP contribution is -2.31. The lowest BCUT2D eigenvalue weighted by molar-refractivity contribution is 0.0957. The van der Waals surface area contributed by atoms with E-state index in [0.717, 1.165) is 5.56 Å². The summed E-state index contributed by atoms with van der Waals surface area (Å²) in [5.74, 6) is 0.822. The van der Waals surface area contributed by atoms with Crippen LogP contribution in [0.1, 0.15) is 16.1 Å². The minimum absolute atomic E-state index is 0.242. The second-order valence-electron chi connectivity index (χ2n) is 5.12. The molecule has 0 aliphatic heterocycles. The molecular weight excluding hydrogens is 320 g/mol. The Morgan fingerprint density at radius 2 is 1.88 bits per heavy atom. The van der Waals surface area contributed by atoms with E-state index in [4.69, 9.17) is 5.73 Å². The van der Waals surface area contributed by atoms with Crippen molar-refractivity contribution in [3.05, 3.63) is 60.3 Å². The minimum Gasteiger partial charge on any atom is -0.393 e. The van der Waals surface area contributed by atoms with Gasteiger partial charge in [-0.25, -0.2) is 15.0 Å². The smallest absolute Gasteiger partial charge is 0.288 e. The van der Waals surface area contributed by atoms with E-state index in [1.165, 1.54) is 12.5 Å². The predicted octanol–water partition coefficient (Wildman–Crippen LogP) is 1.66. The molecule has 9 heteroatoms. The van der Waals surface area contributed by atoms with Crippen LogP contribution in [0.3, 0.4) is 0 Å². The number of nitrogen functional groups attached to an aromatic ring is 1. The number of nitrogens with one attached hydrogen (secondary N) is 3. The Hall–Kier alpha value is -3.75. The van der Waals surface area contributed by atoms with Crippen LogP contribution in [-0.2, 0) is 0 Å². The number of carbonyl (C=O) groups excluding carboxylic acids is 1. The summed E-state index contributed by atoms with van der Waals surface area (Å²) in [6.45, 7) is 1.95. The Labute approximate surface area is 143 Å². The van der Waals surface area contributed by atoms with Crippen molar-refractivity contribution in [2.24, 2.45) is 0 Å². The van der Waals surface area contributed by atoms with E-state index >= 15 is 0 Å². The van der Waals surface area contributed by atoms with Crippen LogP contribution in [0, 0.1) is 6.92 Å². The largest absolute Gasteiger partial charge is 0.393 e. The number of hydrazine groups is 1. The first kappa shape index (κ1) is 16.1. The van der Waals surface area contributed by atoms with Crippen molar-refractivity contribution in [1.82, 2.24) is 25.4 Å². The molecule has 0 atom stereocenters. The molecule has 0 saturated carbocycles. The van der Waals surface area contributed by atoms with E-state index in [1.807, 2.05) is 19.1 Å². The third-order valence-corrected chi connectivity index (χ3v) is 3.23. The lowest BCUT2D eigenvalue weighted by Gasteiger charge is -2.12. The average Bonchev–Trinajstić information content (AvgIpc) is 2.64. The molecule has 1 amide bonds. The summed E-state index contributed by atoms with van der Waals surface area (Å²) >= 11 is 0. The highest BCUT2D eigenvalue weighted by molar-refractivity contribution is 5.93. The lowest BCUT2D eigenvalue weighted by atomic mass is 10.3. The number of hydrogen-bond donors (Lipinski definition) is 4. The summed E-state index contributed by atoms with van der Waals surface area (Å²) in [6.07, 6.45) is 4.58. The number of hydrogen-bond acceptors (Lipinski definition) is 8. The third kappa shape index (κ3) is 3.96. The maximum Gasteiger partial charge on any atom is 0.288 e. The molecule has 0 unspecified atom stereocenters. The maximum absolute atomic E-state index is 12.0. The summed E-state index contributed by atoms with van der Waals surface area (Å²) in [4.78, 5) is 28.3. The molecule has 126 valence electrons. The van der Waals surface area contributed by atoms with Gasteiger partial charge in [-0.05, 0) is 30.7 Å². The number of rotatable bonds is 5. The minimum atomic E-state index is -0.409. The summed E-state index contributed by atoms with van der Waals surface area (Å²) in [7, 11) is 0. The van der Waals surface area contributed by atoms with E-state index < -0.39 is 5.91 Å². The first-order chi connectivity index (χ1) is 12.1. The number of amides is 1. The molecule has 0 aliphatic carbocycles. The molecule has 0 bridgehead atoms. The monoisotopic (exact) mass is 336 g/mol. The molecule has 3 rings (SSSR count). The highest BCUT2D eigenvalue weighted by Crippen LogP contribution is 2.24. The van der Waals surface area contributed by atoms with Crippen LogP contribution in [0.15, 0.2) is 49.1 Å². The van der Waals surface area contributed by atoms with Crippen LogP contribution in [0.25, 0.3) is 0 Å². The van der Waals surface area contributed by atoms with E-state index in [9.17, 15) is 4.79 Å². The van der Waals surface area contributed by atoms with Gasteiger partial charge in [0, 0.05) is 12.4 Å². The van der Waals surface area contributed by atoms with Gasteiger partial charge < -0.3 is 11.1 Å². The Balaban J connectivity index is 1.70. The zero-order chi connectivity index (χ0) is 17.6. The molecule has 25 heavy (non-hydrogen) atoms. The van der Waals surface area contributed by atoms with Gasteiger partial charge in [0.15, 0.2) is 11.6 Å². The van der Waals surface area contributed by atoms with E-state index in [0.29, 0.717) is 11.6 Å². The van der Waals surface area contributed by atoms with Gasteiger partial charge in [0.1, 0.15) is 23.5 Å². The highest BCUT2D eigenvalue weighted by Gasteiger charge is 2.11. The summed E-state index contributed by atoms with van der Waals surface area (Å²) in [5, 5.41) is 3.01. The summed E-state index contributed by atoms with van der Waals surface area (Å²) in [5.41, 5.74) is 12.8. The number of nitrogens with zero attached hydrogens (tertiary/aromatic N) is 4. The van der Waals surface area contributed by atoms with E-state index in [1.54, 1.807) is 24.4 Å². The molecule has 0 aromatic carbocycles. The maximum atomic E-state index is 12.0. The first-order valence-corrected chi connectivity index (χ1v) is 7.41. The summed E-state index contributed by atoms with van der Waals surface area (Å²) in [6, 6.07) is 8.77. The second kappa shape index (κ2) is 7.21. The normalized spacial score (nSPS) is 10.1. The molecule has 0 radical (unpaired) electrons. The molecule has 3 aromatic heterocycles. The van der Waals surface area contributed by atoms with Crippen molar-refractivity contribution in [3.63, 3.8) is 0 Å². The quantitative estimate of drug-likeness (QED) is 0.517. The summed E-state index contributed by atoms with van der Waals surface area (Å²) < 4.78 is 0. The zero-order valence-corrected chi connectivity index (χ0v) is 13.4. The van der Waals surface area contributed by atoms with Crippen molar-refractivity contribution in [3.8, 4) is 0 Å². The first-order valence-electron chi connectivity index (χ1n) is 7.41. The van der Waals surface area contributed by atoms with Gasteiger partial charge in [0.25, 0.3) is 5.91 Å². The van der Waals surface area contributed by atoms with Crippen LogP contribution in [0.4, 0.5) is 23.1 Å². The molecule has 0 fully saturated rings. The van der Waals surface area contributed by atoms with Gasteiger partial charge in [0.2, 0.25) is 0 Å². The highest BCUT2D eigenvalue weighted by atomic mass is 16.2. The Kier molecular flexibility index (Phi) is 4.65. The second-order valence-corrected chi connectivity index (χ2v) is 5.12. The van der Waals surface area contributed by atoms with Gasteiger partial charge in [-0.1, -0.05) is 12.1 Å². The van der Waals surface area contributed by atoms with Gasteiger partial charge in [-0.3, -0.25) is 20.6 Å². The molecule has 9 nitrogen and oxygen atoms in total. The van der Waals surface area contributed by atoms with Crippen molar-refractivity contribution < 1.29 is 4.79 Å². The molecule has 3 heterocycles. The van der Waals surface area contributed by atoms with Crippen molar-refractivity contribution in [1.29, 1.82) is 0 Å². The number of nitrogens with two attached hydrogens (primary N) is 1. The van der Waals surface area contributed by atoms with Crippen molar-refractivity contribution >= 4 is 29.0 Å². The number of pyridine rings is 2. The van der Waals surface area contributed by atoms with Gasteiger partial charge >= 0.3 is 0 Å². The number of aryl methyl sites for hydroxylation is 1. The number of carbonyl (C=O) groups is 1. The molecule has 0 aliphatic rings. The van der Waals surface area contributed by atoms with Crippen LogP contribution < -0.4 is 21.9 Å². The van der Waals surface area contributed by atoms with Crippen LogP contribution in [-0.4, -0.2) is 25.8 Å². The molecule has 0 spiro atoms. The van der Waals surface area contributed by atoms with Crippen LogP contribution in [0.2, 0.25) is 0 Å². The fraction of sp³-hybridized carbons (Fsp3) is 0.0625. The fourth-order valence-electron chi connectivity index (χ4n) is 1.93. The predicted molar refractivity (Wildman–Crippen MR) is 94.0 cm³/mol. The Bertz CT molecular complexity index is 867. The van der Waals surface area contributed by atoms with E-state index in [-0.39, 0.29) is 17.2 Å². The number of aromatic nitrogens is 4. The van der Waals surface area contributed by atoms with Crippen LogP contribution >= 0.6 is 0 Å². The molecule has 5 N–H and O–H groups in total. The van der Waals surface area contributed by atoms with Gasteiger partial charge in [-0.2, -0.15) is 0 Å².